The number of nitrogens with one attached hydrogen (secondary N) is 1. The number of benzene rings is 1. The van der Waals surface area contributed by atoms with Gasteiger partial charge in [-0.3, -0.25) is 0 Å². The third kappa shape index (κ3) is 4.71. The van der Waals surface area contributed by atoms with Gasteiger partial charge in [-0.2, -0.15) is 0 Å². The number of nitrogens with two attached hydrogens (primary N) is 1. The average molecular weight is 270 g/mol. The molecule has 0 heterocycles. The van der Waals surface area contributed by atoms with E-state index in [4.69, 9.17) is 5.73 Å². The highest BCUT2D eigenvalue weighted by atomic mass is 14.8. The predicted octanol–water partition coefficient (Wildman–Crippen LogP) is 4.29. The summed E-state index contributed by atoms with van der Waals surface area (Å²) in [6, 6.07) is 6.43. The second kappa shape index (κ2) is 8.39. The number of hydrogen-bond donors (Lipinski definition) is 2. The van der Waals surface area contributed by atoms with Crippen LogP contribution in [0.25, 0.3) is 5.57 Å². The van der Waals surface area contributed by atoms with Crippen LogP contribution in [0.5, 0.6) is 0 Å². The van der Waals surface area contributed by atoms with Crippen LogP contribution in [0, 0.1) is 6.92 Å². The highest BCUT2D eigenvalue weighted by Gasteiger charge is 2.03. The van der Waals surface area contributed by atoms with Crippen molar-refractivity contribution >= 4 is 11.3 Å². The Balaban J connectivity index is 3.09. The van der Waals surface area contributed by atoms with E-state index in [1.54, 1.807) is 0 Å². The van der Waals surface area contributed by atoms with E-state index in [2.05, 4.69) is 62.2 Å². The SMILES string of the molecule is C=C(/C=C\C(=C/CC)c1cc(NC)ccc1C)CCN. The topological polar surface area (TPSA) is 38.0 Å². The molecule has 1 aromatic rings. The third-order valence-corrected chi connectivity index (χ3v) is 3.23. The van der Waals surface area contributed by atoms with Crippen LogP contribution in [0.2, 0.25) is 0 Å². The number of allylic oxidation sites excluding steroid dienone is 4. The molecule has 0 aliphatic carbocycles. The molecule has 0 bridgehead atoms. The smallest absolute Gasteiger partial charge is 0.0343 e. The second-order valence-corrected chi connectivity index (χ2v) is 4.88. The molecule has 2 nitrogen and oxygen atoms in total. The first-order chi connectivity index (χ1) is 9.62. The first-order valence-electron chi connectivity index (χ1n) is 7.17. The summed E-state index contributed by atoms with van der Waals surface area (Å²) in [6.07, 6.45) is 8.30. The fourth-order valence-electron chi connectivity index (χ4n) is 2.05. The minimum absolute atomic E-state index is 0.643. The van der Waals surface area contributed by atoms with Gasteiger partial charge in [0.2, 0.25) is 0 Å². The molecule has 0 aliphatic rings. The van der Waals surface area contributed by atoms with Crippen molar-refractivity contribution < 1.29 is 0 Å². The fourth-order valence-corrected chi connectivity index (χ4v) is 2.05. The summed E-state index contributed by atoms with van der Waals surface area (Å²) in [5.41, 5.74) is 11.5. The van der Waals surface area contributed by atoms with Gasteiger partial charge in [0, 0.05) is 12.7 Å². The maximum Gasteiger partial charge on any atom is 0.0343 e. The molecule has 1 aromatic carbocycles. The summed E-state index contributed by atoms with van der Waals surface area (Å²) in [6.45, 7) is 8.96. The summed E-state index contributed by atoms with van der Waals surface area (Å²) in [5.74, 6) is 0. The van der Waals surface area contributed by atoms with E-state index >= 15 is 0 Å². The average Bonchev–Trinajstić information content (AvgIpc) is 2.44. The van der Waals surface area contributed by atoms with Crippen molar-refractivity contribution in [3.05, 3.63) is 59.7 Å². The van der Waals surface area contributed by atoms with Crippen molar-refractivity contribution in [1.82, 2.24) is 0 Å². The van der Waals surface area contributed by atoms with E-state index in [0.29, 0.717) is 6.54 Å². The molecule has 0 aromatic heterocycles. The van der Waals surface area contributed by atoms with E-state index < -0.39 is 0 Å². The van der Waals surface area contributed by atoms with Crippen LogP contribution >= 0.6 is 0 Å². The van der Waals surface area contributed by atoms with E-state index in [1.807, 2.05) is 7.05 Å². The molecule has 3 N–H and O–H groups in total. The molecular weight excluding hydrogens is 244 g/mol. The Hall–Kier alpha value is -1.80. The Labute approximate surface area is 123 Å². The Morgan fingerprint density at radius 3 is 2.70 bits per heavy atom. The van der Waals surface area contributed by atoms with Gasteiger partial charge in [-0.25, -0.2) is 0 Å². The molecule has 0 radical (unpaired) electrons. The highest BCUT2D eigenvalue weighted by Crippen LogP contribution is 2.24. The standard InChI is InChI=1S/C18H26N2/c1-5-6-16(9-7-14(2)11-12-19)18-13-17(20-4)10-8-15(18)3/h6-10,13,20H,2,5,11-12,19H2,1,3-4H3/b9-7-,16-6+. The Bertz CT molecular complexity index is 510. The van der Waals surface area contributed by atoms with Crippen molar-refractivity contribution in [2.75, 3.05) is 18.9 Å². The zero-order valence-electron chi connectivity index (χ0n) is 12.9. The van der Waals surface area contributed by atoms with Crippen LogP contribution < -0.4 is 11.1 Å². The number of anilines is 1. The van der Waals surface area contributed by atoms with Crippen LogP contribution in [0.4, 0.5) is 5.69 Å². The lowest BCUT2D eigenvalue weighted by molar-refractivity contribution is 0.977. The van der Waals surface area contributed by atoms with Crippen LogP contribution in [-0.4, -0.2) is 13.6 Å². The molecule has 0 fully saturated rings. The van der Waals surface area contributed by atoms with Crippen LogP contribution in [-0.2, 0) is 0 Å². The lowest BCUT2D eigenvalue weighted by Gasteiger charge is -2.10. The van der Waals surface area contributed by atoms with Gasteiger partial charge in [0.1, 0.15) is 0 Å². The van der Waals surface area contributed by atoms with Crippen LogP contribution in [0.1, 0.15) is 30.9 Å². The van der Waals surface area contributed by atoms with Gasteiger partial charge in [0.15, 0.2) is 0 Å². The number of hydrogen-bond acceptors (Lipinski definition) is 2. The van der Waals surface area contributed by atoms with Gasteiger partial charge < -0.3 is 11.1 Å². The molecule has 0 spiro atoms. The van der Waals surface area contributed by atoms with E-state index in [9.17, 15) is 0 Å². The van der Waals surface area contributed by atoms with Crippen molar-refractivity contribution in [3.8, 4) is 0 Å². The molecule has 0 unspecified atom stereocenters. The first kappa shape index (κ1) is 16.3. The Morgan fingerprint density at radius 1 is 1.35 bits per heavy atom. The van der Waals surface area contributed by atoms with Gasteiger partial charge in [-0.05, 0) is 55.1 Å². The maximum absolute atomic E-state index is 5.55. The fraction of sp³-hybridized carbons (Fsp3) is 0.333. The highest BCUT2D eigenvalue weighted by molar-refractivity contribution is 5.78. The van der Waals surface area contributed by atoms with E-state index in [1.165, 1.54) is 16.7 Å². The van der Waals surface area contributed by atoms with Crippen LogP contribution in [0.15, 0.2) is 48.6 Å². The van der Waals surface area contributed by atoms with E-state index in [-0.39, 0.29) is 0 Å². The predicted molar refractivity (Wildman–Crippen MR) is 90.9 cm³/mol. The molecule has 0 atom stereocenters. The quantitative estimate of drug-likeness (QED) is 0.725. The zero-order chi connectivity index (χ0) is 15.0. The Kier molecular flexibility index (Phi) is 6.82. The lowest BCUT2D eigenvalue weighted by Crippen LogP contribution is -1.98. The van der Waals surface area contributed by atoms with Gasteiger partial charge in [0.05, 0.1) is 0 Å². The summed E-state index contributed by atoms with van der Waals surface area (Å²) >= 11 is 0. The summed E-state index contributed by atoms with van der Waals surface area (Å²) < 4.78 is 0. The van der Waals surface area contributed by atoms with Crippen molar-refractivity contribution in [1.29, 1.82) is 0 Å². The zero-order valence-corrected chi connectivity index (χ0v) is 12.9. The summed E-state index contributed by atoms with van der Waals surface area (Å²) in [4.78, 5) is 0. The minimum Gasteiger partial charge on any atom is -0.388 e. The van der Waals surface area contributed by atoms with Gasteiger partial charge in [-0.1, -0.05) is 43.4 Å². The second-order valence-electron chi connectivity index (χ2n) is 4.88. The molecule has 20 heavy (non-hydrogen) atoms. The first-order valence-corrected chi connectivity index (χ1v) is 7.17. The monoisotopic (exact) mass is 270 g/mol. The molecule has 2 heteroatoms. The third-order valence-electron chi connectivity index (χ3n) is 3.23. The molecule has 0 saturated heterocycles. The molecule has 108 valence electrons. The van der Waals surface area contributed by atoms with Crippen molar-refractivity contribution in [3.63, 3.8) is 0 Å². The molecule has 0 saturated carbocycles. The molecule has 0 aliphatic heterocycles. The van der Waals surface area contributed by atoms with Crippen molar-refractivity contribution in [2.24, 2.45) is 5.73 Å². The largest absolute Gasteiger partial charge is 0.388 e. The van der Waals surface area contributed by atoms with Gasteiger partial charge in [-0.15, -0.1) is 0 Å². The number of rotatable bonds is 7. The van der Waals surface area contributed by atoms with Crippen molar-refractivity contribution in [2.45, 2.75) is 26.7 Å². The maximum atomic E-state index is 5.55. The summed E-state index contributed by atoms with van der Waals surface area (Å²) in [5, 5.41) is 3.19. The Morgan fingerprint density at radius 2 is 2.10 bits per heavy atom. The normalized spacial score (nSPS) is 11.9. The van der Waals surface area contributed by atoms with E-state index in [0.717, 1.165) is 24.1 Å². The van der Waals surface area contributed by atoms with Gasteiger partial charge >= 0.3 is 0 Å². The lowest BCUT2D eigenvalue weighted by atomic mass is 9.97. The molecule has 1 rings (SSSR count). The van der Waals surface area contributed by atoms with Gasteiger partial charge in [0.25, 0.3) is 0 Å². The molecule has 0 amide bonds. The summed E-state index contributed by atoms with van der Waals surface area (Å²) in [7, 11) is 1.94. The minimum atomic E-state index is 0.643. The van der Waals surface area contributed by atoms with Crippen LogP contribution in [0.3, 0.4) is 0 Å². The number of aryl methyl sites for hydroxylation is 1. The molecular formula is C18H26N2.